The van der Waals surface area contributed by atoms with Crippen molar-refractivity contribution in [2.45, 2.75) is 100 Å². The van der Waals surface area contributed by atoms with E-state index in [2.05, 4.69) is 57.7 Å². The van der Waals surface area contributed by atoms with Gasteiger partial charge in [-0.2, -0.15) is 0 Å². The van der Waals surface area contributed by atoms with E-state index in [9.17, 15) is 0 Å². The predicted molar refractivity (Wildman–Crippen MR) is 160 cm³/mol. The fourth-order valence-electron chi connectivity index (χ4n) is 3.77. The van der Waals surface area contributed by atoms with Crippen molar-refractivity contribution in [3.63, 3.8) is 0 Å². The van der Waals surface area contributed by atoms with E-state index in [-0.39, 0.29) is 6.10 Å². The number of anilines is 1. The minimum atomic E-state index is 0.147. The number of aliphatic hydroxyl groups is 1. The number of thioether (sulfide) groups is 1. The number of hydrogen-bond donors (Lipinski definition) is 1. The van der Waals surface area contributed by atoms with E-state index in [1.54, 1.807) is 6.08 Å². The van der Waals surface area contributed by atoms with Crippen molar-refractivity contribution >= 4 is 23.5 Å². The van der Waals surface area contributed by atoms with Crippen LogP contribution in [0, 0.1) is 0 Å². The van der Waals surface area contributed by atoms with E-state index in [4.69, 9.17) is 9.84 Å². The summed E-state index contributed by atoms with van der Waals surface area (Å²) in [4.78, 5) is 3.98. The summed E-state index contributed by atoms with van der Waals surface area (Å²) >= 11 is 1.98. The molecule has 0 bridgehead atoms. The zero-order chi connectivity index (χ0) is 27.0. The molecule has 0 radical (unpaired) electrons. The summed E-state index contributed by atoms with van der Waals surface area (Å²) < 4.78 is 5.54. The standard InChI is InChI=1S/C16H23NS.C11H14O2.2C2H6/c1-6-14-9-8-10-15(7-2)16(14)17-11(3)12(4)18-13(17)5;1-9(2)13-11-6-4-3-5-10(11)7-8-12;2*1-2/h8-10,13H,6-7H2,1-5H3;3-9,12H,1-2H3;2*1-2H3/b;8-7+;;. The first-order valence-electron chi connectivity index (χ1n) is 13.1. The zero-order valence-corrected chi connectivity index (χ0v) is 24.8. The maximum atomic E-state index is 8.64. The lowest BCUT2D eigenvalue weighted by molar-refractivity contribution is 0.242. The second kappa shape index (κ2) is 18.0. The Morgan fingerprint density at radius 1 is 0.943 bits per heavy atom. The zero-order valence-electron chi connectivity index (χ0n) is 24.0. The van der Waals surface area contributed by atoms with Gasteiger partial charge in [-0.1, -0.05) is 77.9 Å². The molecule has 2 aromatic rings. The van der Waals surface area contributed by atoms with Gasteiger partial charge in [-0.15, -0.1) is 11.8 Å². The Morgan fingerprint density at radius 2 is 1.49 bits per heavy atom. The molecule has 0 saturated heterocycles. The van der Waals surface area contributed by atoms with Gasteiger partial charge in [-0.05, 0) is 70.7 Å². The van der Waals surface area contributed by atoms with Crippen molar-refractivity contribution in [2.75, 3.05) is 4.90 Å². The lowest BCUT2D eigenvalue weighted by Gasteiger charge is -2.29. The first-order valence-corrected chi connectivity index (χ1v) is 14.0. The van der Waals surface area contributed by atoms with Gasteiger partial charge in [-0.3, -0.25) is 0 Å². The van der Waals surface area contributed by atoms with Crippen LogP contribution >= 0.6 is 11.8 Å². The van der Waals surface area contributed by atoms with Crippen LogP contribution < -0.4 is 9.64 Å². The van der Waals surface area contributed by atoms with Crippen molar-refractivity contribution in [2.24, 2.45) is 0 Å². The van der Waals surface area contributed by atoms with E-state index in [0.29, 0.717) is 5.37 Å². The molecule has 1 heterocycles. The maximum Gasteiger partial charge on any atom is 0.127 e. The third-order valence-corrected chi connectivity index (χ3v) is 6.52. The third kappa shape index (κ3) is 9.68. The quantitative estimate of drug-likeness (QED) is 0.401. The molecule has 3 nitrogen and oxygen atoms in total. The number of nitrogens with zero attached hydrogens (tertiary/aromatic N) is 1. The number of para-hydroxylation sites is 2. The van der Waals surface area contributed by atoms with E-state index in [0.717, 1.165) is 30.4 Å². The van der Waals surface area contributed by atoms with Gasteiger partial charge in [0.05, 0.1) is 17.7 Å². The highest BCUT2D eigenvalue weighted by Gasteiger charge is 2.28. The van der Waals surface area contributed by atoms with Crippen molar-refractivity contribution in [1.29, 1.82) is 0 Å². The summed E-state index contributed by atoms with van der Waals surface area (Å²) in [7, 11) is 0. The summed E-state index contributed by atoms with van der Waals surface area (Å²) in [6, 6.07) is 14.3. The average molecular weight is 500 g/mol. The SMILES string of the molecule is CC.CC.CC(C)Oc1ccccc1/C=C/O.CCc1cccc(CC)c1N1C(C)=C(C)SC1C. The molecule has 0 saturated carbocycles. The van der Waals surface area contributed by atoms with Crippen LogP contribution in [0.3, 0.4) is 0 Å². The Labute approximate surface area is 220 Å². The van der Waals surface area contributed by atoms with Crippen LogP contribution in [0.5, 0.6) is 5.75 Å². The van der Waals surface area contributed by atoms with E-state index in [1.165, 1.54) is 27.4 Å². The normalized spacial score (nSPS) is 14.6. The summed E-state index contributed by atoms with van der Waals surface area (Å²) in [5.41, 5.74) is 6.70. The molecule has 0 amide bonds. The highest BCUT2D eigenvalue weighted by molar-refractivity contribution is 8.04. The molecular formula is C31H49NO2S. The molecule has 1 aliphatic heterocycles. The molecule has 3 rings (SSSR count). The Morgan fingerprint density at radius 3 is 1.91 bits per heavy atom. The Balaban J connectivity index is 0.000000602. The molecule has 4 heteroatoms. The molecule has 2 aromatic carbocycles. The van der Waals surface area contributed by atoms with Gasteiger partial charge in [0.2, 0.25) is 0 Å². The van der Waals surface area contributed by atoms with Crippen molar-refractivity contribution < 1.29 is 9.84 Å². The molecule has 196 valence electrons. The van der Waals surface area contributed by atoms with Crippen LogP contribution in [0.15, 0.2) is 59.3 Å². The van der Waals surface area contributed by atoms with Gasteiger partial charge in [0.1, 0.15) is 5.75 Å². The molecule has 0 spiro atoms. The number of benzene rings is 2. The molecule has 1 aliphatic rings. The van der Waals surface area contributed by atoms with Crippen LogP contribution in [0.4, 0.5) is 5.69 Å². The fraction of sp³-hybridized carbons (Fsp3) is 0.484. The Hall–Kier alpha value is -2.33. The third-order valence-electron chi connectivity index (χ3n) is 5.32. The van der Waals surface area contributed by atoms with E-state index < -0.39 is 0 Å². The van der Waals surface area contributed by atoms with Crippen molar-refractivity contribution in [3.05, 3.63) is 76.0 Å². The topological polar surface area (TPSA) is 32.7 Å². The molecular weight excluding hydrogens is 450 g/mol. The number of aryl methyl sites for hydroxylation is 2. The summed E-state index contributed by atoms with van der Waals surface area (Å²) in [6.45, 7) is 23.2. The number of ether oxygens (including phenoxy) is 1. The van der Waals surface area contributed by atoms with Crippen LogP contribution in [0.2, 0.25) is 0 Å². The van der Waals surface area contributed by atoms with Crippen molar-refractivity contribution in [1.82, 2.24) is 0 Å². The maximum absolute atomic E-state index is 8.64. The molecule has 0 aromatic heterocycles. The first-order chi connectivity index (χ1) is 16.8. The first kappa shape index (κ1) is 32.7. The number of hydrogen-bond acceptors (Lipinski definition) is 4. The van der Waals surface area contributed by atoms with E-state index in [1.807, 2.05) is 77.6 Å². The number of allylic oxidation sites excluding steroid dienone is 2. The van der Waals surface area contributed by atoms with Crippen LogP contribution in [-0.4, -0.2) is 16.6 Å². The highest BCUT2D eigenvalue weighted by Crippen LogP contribution is 2.43. The molecule has 1 N–H and O–H groups in total. The number of aliphatic hydroxyl groups excluding tert-OH is 1. The molecule has 35 heavy (non-hydrogen) atoms. The minimum absolute atomic E-state index is 0.147. The van der Waals surface area contributed by atoms with Gasteiger partial charge in [0.15, 0.2) is 0 Å². The summed E-state index contributed by atoms with van der Waals surface area (Å²) in [5.74, 6) is 0.794. The predicted octanol–water partition coefficient (Wildman–Crippen LogP) is 10.0. The number of rotatable bonds is 6. The van der Waals surface area contributed by atoms with Crippen molar-refractivity contribution in [3.8, 4) is 5.75 Å². The minimum Gasteiger partial charge on any atom is -0.516 e. The average Bonchev–Trinajstić information content (AvgIpc) is 3.13. The summed E-state index contributed by atoms with van der Waals surface area (Å²) in [5, 5.41) is 9.16. The fourth-order valence-corrected chi connectivity index (χ4v) is 4.92. The van der Waals surface area contributed by atoms with Gasteiger partial charge in [0, 0.05) is 21.9 Å². The summed E-state index contributed by atoms with van der Waals surface area (Å²) in [6.07, 6.45) is 4.97. The molecule has 1 unspecified atom stereocenters. The van der Waals surface area contributed by atoms with E-state index >= 15 is 0 Å². The lowest BCUT2D eigenvalue weighted by atomic mass is 10.0. The molecule has 0 fully saturated rings. The monoisotopic (exact) mass is 499 g/mol. The van der Waals surface area contributed by atoms with Gasteiger partial charge in [-0.25, -0.2) is 0 Å². The van der Waals surface area contributed by atoms with Gasteiger partial charge < -0.3 is 14.7 Å². The Bertz CT molecular complexity index is 896. The van der Waals surface area contributed by atoms with Gasteiger partial charge in [0.25, 0.3) is 0 Å². The second-order valence-electron chi connectivity index (χ2n) is 7.88. The second-order valence-corrected chi connectivity index (χ2v) is 9.41. The smallest absolute Gasteiger partial charge is 0.127 e. The lowest BCUT2D eigenvalue weighted by Crippen LogP contribution is -2.26. The van der Waals surface area contributed by atoms with Crippen LogP contribution in [0.25, 0.3) is 6.08 Å². The molecule has 1 atom stereocenters. The van der Waals surface area contributed by atoms with Crippen LogP contribution in [-0.2, 0) is 12.8 Å². The Kier molecular flexibility index (Phi) is 16.8. The largest absolute Gasteiger partial charge is 0.516 e. The van der Waals surface area contributed by atoms with Crippen LogP contribution in [0.1, 0.15) is 92.9 Å². The highest BCUT2D eigenvalue weighted by atomic mass is 32.2. The van der Waals surface area contributed by atoms with Gasteiger partial charge >= 0.3 is 0 Å². The molecule has 0 aliphatic carbocycles.